The second kappa shape index (κ2) is 10.1. The van der Waals surface area contributed by atoms with E-state index in [0.29, 0.717) is 5.56 Å². The van der Waals surface area contributed by atoms with Crippen molar-refractivity contribution >= 4 is 27.9 Å². The number of methoxy groups -OCH3 is 1. The molecule has 2 atom stereocenters. The lowest BCUT2D eigenvalue weighted by Crippen LogP contribution is -2.59. The second-order valence-corrected chi connectivity index (χ2v) is 11.3. The summed E-state index contributed by atoms with van der Waals surface area (Å²) < 4.78 is 34.4. The minimum atomic E-state index is -4.22. The van der Waals surface area contributed by atoms with Gasteiger partial charge in [0.15, 0.2) is 9.84 Å². The van der Waals surface area contributed by atoms with Crippen LogP contribution in [0.4, 0.5) is 4.79 Å². The first-order valence-electron chi connectivity index (χ1n) is 9.67. The summed E-state index contributed by atoms with van der Waals surface area (Å²) in [6.45, 7) is 7.32. The van der Waals surface area contributed by atoms with Crippen LogP contribution in [0, 0.1) is 5.92 Å². The molecule has 0 heterocycles. The van der Waals surface area contributed by atoms with Crippen LogP contribution in [0.1, 0.15) is 40.2 Å². The van der Waals surface area contributed by atoms with Crippen LogP contribution in [-0.2, 0) is 35.3 Å². The van der Waals surface area contributed by atoms with Gasteiger partial charge in [-0.15, -0.1) is 0 Å². The molecule has 0 spiro atoms. The quantitative estimate of drug-likeness (QED) is 0.539. The maximum atomic E-state index is 13.2. The lowest BCUT2D eigenvalue weighted by atomic mass is 10.0. The highest BCUT2D eigenvalue weighted by Gasteiger charge is 2.49. The van der Waals surface area contributed by atoms with Crippen molar-refractivity contribution < 1.29 is 37.4 Å². The molecule has 31 heavy (non-hydrogen) atoms. The highest BCUT2D eigenvalue weighted by atomic mass is 32.2. The average Bonchev–Trinajstić information content (AvgIpc) is 2.63. The maximum Gasteiger partial charge on any atom is 0.408 e. The summed E-state index contributed by atoms with van der Waals surface area (Å²) in [5.74, 6) is -4.24. The minimum absolute atomic E-state index is 0.00608. The number of amides is 1. The summed E-state index contributed by atoms with van der Waals surface area (Å²) in [6.07, 6.45) is -1.00. The largest absolute Gasteiger partial charge is 0.481 e. The van der Waals surface area contributed by atoms with Gasteiger partial charge in [-0.3, -0.25) is 4.79 Å². The molecule has 1 aromatic rings. The summed E-state index contributed by atoms with van der Waals surface area (Å²) in [4.78, 5) is 36.3. The highest BCUT2D eigenvalue weighted by Crippen LogP contribution is 2.27. The number of rotatable bonds is 9. The molecule has 0 aliphatic rings. The molecule has 1 rings (SSSR count). The Hall–Kier alpha value is -2.62. The normalized spacial score (nSPS) is 14.3. The molecule has 0 radical (unpaired) electrons. The molecule has 0 aliphatic heterocycles. The zero-order valence-electron chi connectivity index (χ0n) is 18.7. The van der Waals surface area contributed by atoms with E-state index in [1.54, 1.807) is 51.1 Å². The fraction of sp³-hybridized carbons (Fsp3) is 0.571. The van der Waals surface area contributed by atoms with Crippen LogP contribution in [0.5, 0.6) is 0 Å². The average molecular weight is 458 g/mol. The fourth-order valence-electron chi connectivity index (χ4n) is 2.84. The molecule has 2 N–H and O–H groups in total. The van der Waals surface area contributed by atoms with E-state index in [-0.39, 0.29) is 6.42 Å². The number of esters is 1. The van der Waals surface area contributed by atoms with Crippen molar-refractivity contribution in [3.8, 4) is 0 Å². The van der Waals surface area contributed by atoms with Crippen LogP contribution in [0.3, 0.4) is 0 Å². The van der Waals surface area contributed by atoms with Gasteiger partial charge in [0.25, 0.3) is 0 Å². The molecular formula is C21H31NO8S. The van der Waals surface area contributed by atoms with Gasteiger partial charge in [0.2, 0.25) is 0 Å². The standard InChI is InChI=1S/C21H31NO8S/c1-20(2,3)30-19(26)22-16(18(25)29-6)21(4,5)31(27,28)13-15(17(23)24)12-14-10-8-7-9-11-14/h7-11,15-16H,12-13H2,1-6H3,(H,22,26)(H,23,24)/t15-,16+/m1/s1. The molecule has 0 unspecified atom stereocenters. The Morgan fingerprint density at radius 1 is 1.06 bits per heavy atom. The van der Waals surface area contributed by atoms with Gasteiger partial charge in [-0.1, -0.05) is 30.3 Å². The van der Waals surface area contributed by atoms with E-state index in [1.807, 2.05) is 0 Å². The number of aliphatic carboxylic acids is 1. The molecule has 0 saturated carbocycles. The number of hydrogen-bond donors (Lipinski definition) is 2. The van der Waals surface area contributed by atoms with Crippen molar-refractivity contribution in [2.24, 2.45) is 5.92 Å². The smallest absolute Gasteiger partial charge is 0.408 e. The predicted octanol–water partition coefficient (Wildman–Crippen LogP) is 2.19. The Balaban J connectivity index is 3.18. The Morgan fingerprint density at radius 3 is 2.06 bits per heavy atom. The molecular weight excluding hydrogens is 426 g/mol. The molecule has 0 aromatic heterocycles. The number of alkyl carbamates (subject to hydrolysis) is 1. The van der Waals surface area contributed by atoms with E-state index in [2.05, 4.69) is 10.1 Å². The van der Waals surface area contributed by atoms with Crippen molar-refractivity contribution in [1.82, 2.24) is 5.32 Å². The van der Waals surface area contributed by atoms with Crippen LogP contribution in [0.25, 0.3) is 0 Å². The highest BCUT2D eigenvalue weighted by molar-refractivity contribution is 7.92. The van der Waals surface area contributed by atoms with Crippen molar-refractivity contribution in [3.05, 3.63) is 35.9 Å². The van der Waals surface area contributed by atoms with E-state index in [0.717, 1.165) is 7.11 Å². The molecule has 1 aromatic carbocycles. The Labute approximate surface area is 183 Å². The predicted molar refractivity (Wildman–Crippen MR) is 114 cm³/mol. The van der Waals surface area contributed by atoms with E-state index in [9.17, 15) is 27.9 Å². The number of nitrogens with one attached hydrogen (secondary N) is 1. The molecule has 0 bridgehead atoms. The molecule has 0 aliphatic carbocycles. The van der Waals surface area contributed by atoms with Gasteiger partial charge in [0.1, 0.15) is 11.6 Å². The molecule has 1 amide bonds. The van der Waals surface area contributed by atoms with Crippen molar-refractivity contribution in [1.29, 1.82) is 0 Å². The van der Waals surface area contributed by atoms with Crippen molar-refractivity contribution in [2.45, 2.75) is 57.4 Å². The van der Waals surface area contributed by atoms with E-state index in [4.69, 9.17) is 4.74 Å². The fourth-order valence-corrected chi connectivity index (χ4v) is 4.57. The summed E-state index contributed by atoms with van der Waals surface area (Å²) in [7, 11) is -3.16. The molecule has 9 nitrogen and oxygen atoms in total. The van der Waals surface area contributed by atoms with Crippen molar-refractivity contribution in [3.63, 3.8) is 0 Å². The van der Waals surface area contributed by atoms with Gasteiger partial charge in [0, 0.05) is 0 Å². The van der Waals surface area contributed by atoms with Gasteiger partial charge >= 0.3 is 18.0 Å². The Morgan fingerprint density at radius 2 is 1.61 bits per heavy atom. The van der Waals surface area contributed by atoms with E-state index < -0.39 is 55.9 Å². The number of sulfone groups is 1. The first-order valence-corrected chi connectivity index (χ1v) is 11.3. The summed E-state index contributed by atoms with van der Waals surface area (Å²) >= 11 is 0. The van der Waals surface area contributed by atoms with Crippen LogP contribution in [0.15, 0.2) is 30.3 Å². The van der Waals surface area contributed by atoms with Gasteiger partial charge < -0.3 is 19.9 Å². The summed E-state index contributed by atoms with van der Waals surface area (Å²) in [5.41, 5.74) is -0.211. The zero-order valence-corrected chi connectivity index (χ0v) is 19.5. The number of benzene rings is 1. The zero-order chi connectivity index (χ0) is 24.0. The van der Waals surface area contributed by atoms with E-state index in [1.165, 1.54) is 13.8 Å². The number of carbonyl (C=O) groups excluding carboxylic acids is 2. The molecule has 0 saturated heterocycles. The van der Waals surface area contributed by atoms with Gasteiger partial charge in [-0.2, -0.15) is 0 Å². The maximum absolute atomic E-state index is 13.2. The number of carboxylic acid groups (broad SMARTS) is 1. The van der Waals surface area contributed by atoms with Crippen molar-refractivity contribution in [2.75, 3.05) is 12.9 Å². The molecule has 0 fully saturated rings. The summed E-state index contributed by atoms with van der Waals surface area (Å²) in [6, 6.07) is 7.02. The van der Waals surface area contributed by atoms with E-state index >= 15 is 0 Å². The number of hydrogen-bond acceptors (Lipinski definition) is 7. The van der Waals surface area contributed by atoms with Crippen LogP contribution in [-0.4, -0.2) is 60.8 Å². The van der Waals surface area contributed by atoms with Crippen LogP contribution < -0.4 is 5.32 Å². The third-order valence-electron chi connectivity index (χ3n) is 4.69. The number of ether oxygens (including phenoxy) is 2. The third kappa shape index (κ3) is 7.54. The second-order valence-electron chi connectivity index (χ2n) is 8.71. The lowest BCUT2D eigenvalue weighted by molar-refractivity contribution is -0.144. The van der Waals surface area contributed by atoms with Gasteiger partial charge in [-0.25, -0.2) is 18.0 Å². The topological polar surface area (TPSA) is 136 Å². The summed E-state index contributed by atoms with van der Waals surface area (Å²) in [5, 5.41) is 11.8. The third-order valence-corrected chi connectivity index (χ3v) is 7.37. The van der Waals surface area contributed by atoms with Gasteiger partial charge in [-0.05, 0) is 46.6 Å². The Kier molecular flexibility index (Phi) is 8.63. The van der Waals surface area contributed by atoms with Gasteiger partial charge in [0.05, 0.1) is 23.5 Å². The first-order chi connectivity index (χ1) is 14.1. The first kappa shape index (κ1) is 26.4. The molecule has 10 heteroatoms. The number of carboxylic acids is 1. The minimum Gasteiger partial charge on any atom is -0.481 e. The number of carbonyl (C=O) groups is 3. The van der Waals surface area contributed by atoms with Crippen LogP contribution >= 0.6 is 0 Å². The molecule has 174 valence electrons. The Bertz CT molecular complexity index is 888. The lowest BCUT2D eigenvalue weighted by Gasteiger charge is -2.33. The van der Waals surface area contributed by atoms with Crippen LogP contribution in [0.2, 0.25) is 0 Å². The SMILES string of the molecule is COC(=O)[C@H](NC(=O)OC(C)(C)C)C(C)(C)S(=O)(=O)C[C@@H](Cc1ccccc1)C(=O)O. The monoisotopic (exact) mass is 457 g/mol.